The molecule has 0 saturated carbocycles. The van der Waals surface area contributed by atoms with Crippen LogP contribution in [0.3, 0.4) is 0 Å². The second-order valence-electron chi connectivity index (χ2n) is 8.95. The lowest BCUT2D eigenvalue weighted by molar-refractivity contribution is -0.138. The van der Waals surface area contributed by atoms with E-state index in [-0.39, 0.29) is 18.4 Å². The molecule has 1 atom stereocenters. The average molecular weight is 466 g/mol. The van der Waals surface area contributed by atoms with Crippen LogP contribution in [0.25, 0.3) is 17.4 Å². The second-order valence-corrected chi connectivity index (χ2v) is 8.95. The summed E-state index contributed by atoms with van der Waals surface area (Å²) in [6.45, 7) is 4.04. The number of carbonyl (C=O) groups excluding carboxylic acids is 2. The van der Waals surface area contributed by atoms with Crippen LogP contribution in [0, 0.1) is 0 Å². The van der Waals surface area contributed by atoms with Crippen LogP contribution in [-0.2, 0) is 14.3 Å². The van der Waals surface area contributed by atoms with Crippen molar-refractivity contribution in [1.29, 1.82) is 0 Å². The molecule has 3 aromatic rings. The molecule has 1 unspecified atom stereocenters. The van der Waals surface area contributed by atoms with E-state index in [0.717, 1.165) is 22.3 Å². The molecule has 0 spiro atoms. The number of benzene rings is 2. The highest BCUT2D eigenvalue weighted by Gasteiger charge is 2.41. The Labute approximate surface area is 204 Å². The first-order chi connectivity index (χ1) is 17.0. The summed E-state index contributed by atoms with van der Waals surface area (Å²) in [4.78, 5) is 26.7. The predicted octanol–water partition coefficient (Wildman–Crippen LogP) is 6.25. The number of Topliss-reactive ketones (excluding diaryl/α,β-unsaturated/α-hetero) is 1. The van der Waals surface area contributed by atoms with Crippen LogP contribution in [0.4, 0.5) is 5.69 Å². The van der Waals surface area contributed by atoms with Crippen molar-refractivity contribution in [2.24, 2.45) is 0 Å². The first kappa shape index (κ1) is 22.7. The van der Waals surface area contributed by atoms with E-state index in [9.17, 15) is 9.59 Å². The van der Waals surface area contributed by atoms with Gasteiger partial charge in [0.25, 0.3) is 0 Å². The molecule has 0 bridgehead atoms. The Morgan fingerprint density at radius 1 is 1.06 bits per heavy atom. The second kappa shape index (κ2) is 9.26. The van der Waals surface area contributed by atoms with Crippen molar-refractivity contribution in [3.63, 3.8) is 0 Å². The Balaban J connectivity index is 1.49. The maximum atomic E-state index is 13.7. The monoisotopic (exact) mass is 465 g/mol. The number of ether oxygens (including phenoxy) is 1. The van der Waals surface area contributed by atoms with Gasteiger partial charge in [-0.05, 0) is 74.7 Å². The Morgan fingerprint density at radius 3 is 2.51 bits per heavy atom. The Kier molecular flexibility index (Phi) is 6.00. The lowest BCUT2D eigenvalue weighted by atomic mass is 9.75. The van der Waals surface area contributed by atoms with Gasteiger partial charge in [0.2, 0.25) is 0 Å². The summed E-state index contributed by atoms with van der Waals surface area (Å²) >= 11 is 0. The van der Waals surface area contributed by atoms with E-state index in [1.54, 1.807) is 6.92 Å². The van der Waals surface area contributed by atoms with Crippen molar-refractivity contribution < 1.29 is 18.7 Å². The van der Waals surface area contributed by atoms with Gasteiger partial charge in [0.15, 0.2) is 5.78 Å². The van der Waals surface area contributed by atoms with Gasteiger partial charge in [-0.1, -0.05) is 41.5 Å². The minimum atomic E-state index is -0.431. The van der Waals surface area contributed by atoms with E-state index >= 15 is 0 Å². The van der Waals surface area contributed by atoms with Crippen LogP contribution >= 0.6 is 0 Å². The number of anilines is 1. The molecule has 1 heterocycles. The van der Waals surface area contributed by atoms with Crippen LogP contribution < -0.4 is 5.73 Å². The Morgan fingerprint density at radius 2 is 1.80 bits per heavy atom. The van der Waals surface area contributed by atoms with E-state index in [4.69, 9.17) is 14.9 Å². The first-order valence-corrected chi connectivity index (χ1v) is 11.8. The summed E-state index contributed by atoms with van der Waals surface area (Å²) in [7, 11) is 0. The van der Waals surface area contributed by atoms with Gasteiger partial charge in [0.05, 0.1) is 6.61 Å². The summed E-state index contributed by atoms with van der Waals surface area (Å²) in [6, 6.07) is 20.9. The molecule has 5 heteroatoms. The zero-order valence-corrected chi connectivity index (χ0v) is 19.8. The molecule has 35 heavy (non-hydrogen) atoms. The lowest BCUT2D eigenvalue weighted by Crippen LogP contribution is -2.23. The topological polar surface area (TPSA) is 82.5 Å². The van der Waals surface area contributed by atoms with Crippen LogP contribution in [0.1, 0.15) is 43.9 Å². The molecule has 5 rings (SSSR count). The zero-order valence-electron chi connectivity index (χ0n) is 19.8. The number of nitrogen functional groups attached to an aromatic ring is 1. The fourth-order valence-electron chi connectivity index (χ4n) is 5.04. The van der Waals surface area contributed by atoms with Crippen molar-refractivity contribution in [2.45, 2.75) is 32.6 Å². The fourth-order valence-corrected chi connectivity index (χ4v) is 5.04. The number of furan rings is 1. The molecule has 0 amide bonds. The van der Waals surface area contributed by atoms with E-state index in [1.165, 1.54) is 0 Å². The smallest absolute Gasteiger partial charge is 0.334 e. The summed E-state index contributed by atoms with van der Waals surface area (Å²) in [5, 5.41) is 0. The Hall–Kier alpha value is -4.12. The van der Waals surface area contributed by atoms with Gasteiger partial charge in [0.1, 0.15) is 11.5 Å². The molecule has 0 fully saturated rings. The number of nitrogens with two attached hydrogens (primary N) is 1. The number of ketones is 1. The van der Waals surface area contributed by atoms with Crippen molar-refractivity contribution in [3.05, 3.63) is 106 Å². The largest absolute Gasteiger partial charge is 0.463 e. The van der Waals surface area contributed by atoms with E-state index in [2.05, 4.69) is 0 Å². The number of carbonyl (C=O) groups is 2. The molecule has 176 valence electrons. The number of allylic oxidation sites excluding steroid dienone is 4. The summed E-state index contributed by atoms with van der Waals surface area (Å²) in [5.41, 5.74) is 12.3. The van der Waals surface area contributed by atoms with Gasteiger partial charge < -0.3 is 14.9 Å². The van der Waals surface area contributed by atoms with Crippen molar-refractivity contribution in [1.82, 2.24) is 0 Å². The van der Waals surface area contributed by atoms with Crippen LogP contribution in [0.5, 0.6) is 0 Å². The third-order valence-corrected chi connectivity index (χ3v) is 6.60. The molecule has 2 N–H and O–H groups in total. The zero-order chi connectivity index (χ0) is 24.5. The highest BCUT2D eigenvalue weighted by Crippen LogP contribution is 2.48. The SMILES string of the molecule is CCOC(=O)C1=C(C)CC2=C(C(=O)C(=Cc3ccc(-c4ccc(N)cc4)o3)C2)C1c1ccccc1. The standard InChI is InChI=1S/C30H27NO4/c1-3-34-30(33)26-18(2)15-21-16-22(29(32)28(21)27(26)20-7-5-4-6-8-20)17-24-13-14-25(35-24)19-9-11-23(31)12-10-19/h4-14,17,27H,3,15-16,31H2,1-2H3. The van der Waals surface area contributed by atoms with Gasteiger partial charge in [-0.15, -0.1) is 0 Å². The van der Waals surface area contributed by atoms with Crippen molar-refractivity contribution in [2.75, 3.05) is 12.3 Å². The normalized spacial score (nSPS) is 18.9. The van der Waals surface area contributed by atoms with E-state index in [0.29, 0.717) is 46.8 Å². The third-order valence-electron chi connectivity index (χ3n) is 6.60. The molecule has 0 radical (unpaired) electrons. The first-order valence-electron chi connectivity index (χ1n) is 11.8. The van der Waals surface area contributed by atoms with Crippen molar-refractivity contribution in [3.8, 4) is 11.3 Å². The van der Waals surface area contributed by atoms with Crippen LogP contribution in [-0.4, -0.2) is 18.4 Å². The highest BCUT2D eigenvalue weighted by atomic mass is 16.5. The maximum absolute atomic E-state index is 13.7. The fraction of sp³-hybridized carbons (Fsp3) is 0.200. The van der Waals surface area contributed by atoms with E-state index in [1.807, 2.05) is 79.7 Å². The molecule has 2 aromatic carbocycles. The minimum Gasteiger partial charge on any atom is -0.463 e. The molecule has 2 aliphatic carbocycles. The minimum absolute atomic E-state index is 0.0337. The van der Waals surface area contributed by atoms with Crippen molar-refractivity contribution >= 4 is 23.5 Å². The maximum Gasteiger partial charge on any atom is 0.334 e. The number of esters is 1. The quantitative estimate of drug-likeness (QED) is 0.274. The molecule has 0 aliphatic heterocycles. The van der Waals surface area contributed by atoms with Crippen LogP contribution in [0.15, 0.2) is 99.0 Å². The summed E-state index contributed by atoms with van der Waals surface area (Å²) in [6.07, 6.45) is 2.95. The predicted molar refractivity (Wildman–Crippen MR) is 136 cm³/mol. The summed E-state index contributed by atoms with van der Waals surface area (Å²) in [5.74, 6) is 0.513. The Bertz CT molecular complexity index is 1390. The average Bonchev–Trinajstić information content (AvgIpc) is 3.44. The van der Waals surface area contributed by atoms with Gasteiger partial charge in [-0.2, -0.15) is 0 Å². The molecular formula is C30H27NO4. The van der Waals surface area contributed by atoms with Gasteiger partial charge in [-0.3, -0.25) is 4.79 Å². The summed E-state index contributed by atoms with van der Waals surface area (Å²) < 4.78 is 11.4. The molecule has 0 saturated heterocycles. The van der Waals surface area contributed by atoms with Gasteiger partial charge >= 0.3 is 5.97 Å². The van der Waals surface area contributed by atoms with Gasteiger partial charge in [0, 0.05) is 33.9 Å². The number of rotatable bonds is 5. The number of hydrogen-bond acceptors (Lipinski definition) is 5. The highest BCUT2D eigenvalue weighted by molar-refractivity contribution is 6.17. The molecular weight excluding hydrogens is 438 g/mol. The molecule has 5 nitrogen and oxygen atoms in total. The number of hydrogen-bond donors (Lipinski definition) is 1. The van der Waals surface area contributed by atoms with Crippen LogP contribution in [0.2, 0.25) is 0 Å². The molecule has 2 aliphatic rings. The lowest BCUT2D eigenvalue weighted by Gasteiger charge is -2.28. The third kappa shape index (κ3) is 4.26. The van der Waals surface area contributed by atoms with E-state index < -0.39 is 5.92 Å². The molecule has 1 aromatic heterocycles. The van der Waals surface area contributed by atoms with Gasteiger partial charge in [-0.25, -0.2) is 4.79 Å².